The molecule has 1 N–H and O–H groups in total. The first-order chi connectivity index (χ1) is 15.6. The molecular formula is C22H23F3N2O5S. The lowest BCUT2D eigenvalue weighted by molar-refractivity contribution is -0.137. The summed E-state index contributed by atoms with van der Waals surface area (Å²) in [5.41, 5.74) is -0.401. The summed E-state index contributed by atoms with van der Waals surface area (Å²) in [5.74, 6) is 0.528. The Hall–Kier alpha value is -3.05. The summed E-state index contributed by atoms with van der Waals surface area (Å²) < 4.78 is 75.3. The number of hydrogen-bond donors (Lipinski definition) is 1. The van der Waals surface area contributed by atoms with Gasteiger partial charge >= 0.3 is 12.3 Å². The molecule has 178 valence electrons. The normalized spacial score (nSPS) is 17.3. The largest absolute Gasteiger partial charge is 0.497 e. The molecule has 1 aliphatic heterocycles. The number of alkyl carbamates (subject to hydrolysis) is 1. The van der Waals surface area contributed by atoms with Gasteiger partial charge in [-0.15, -0.1) is 0 Å². The fraction of sp³-hybridized carbons (Fsp3) is 0.318. The van der Waals surface area contributed by atoms with Crippen molar-refractivity contribution < 1.29 is 35.9 Å². The van der Waals surface area contributed by atoms with E-state index in [9.17, 15) is 26.4 Å². The Kier molecular flexibility index (Phi) is 7.65. The molecule has 2 aromatic rings. The van der Waals surface area contributed by atoms with Crippen molar-refractivity contribution in [2.75, 3.05) is 20.2 Å². The topological polar surface area (TPSA) is 84.9 Å². The van der Waals surface area contributed by atoms with Crippen LogP contribution in [-0.2, 0) is 27.5 Å². The smallest absolute Gasteiger partial charge is 0.416 e. The molecule has 1 aliphatic rings. The number of nitrogens with zero attached hydrogens (tertiary/aromatic N) is 1. The summed E-state index contributed by atoms with van der Waals surface area (Å²) in [6, 6.07) is 9.73. The van der Waals surface area contributed by atoms with Gasteiger partial charge in [0, 0.05) is 19.1 Å². The molecule has 0 saturated carbocycles. The zero-order valence-corrected chi connectivity index (χ0v) is 18.5. The summed E-state index contributed by atoms with van der Waals surface area (Å²) in [5, 5.41) is 2.62. The average Bonchev–Trinajstić information content (AvgIpc) is 3.03. The van der Waals surface area contributed by atoms with Crippen LogP contribution in [0.3, 0.4) is 0 Å². The predicted octanol–water partition coefficient (Wildman–Crippen LogP) is 3.96. The van der Waals surface area contributed by atoms with Crippen molar-refractivity contribution in [1.82, 2.24) is 9.62 Å². The first kappa shape index (κ1) is 24.6. The van der Waals surface area contributed by atoms with Gasteiger partial charge in [-0.2, -0.15) is 17.5 Å². The van der Waals surface area contributed by atoms with E-state index in [1.807, 2.05) is 0 Å². The Bertz CT molecular complexity index is 1080. The Balaban J connectivity index is 1.59. The number of nitrogens with one attached hydrogen (secondary N) is 1. The lowest BCUT2D eigenvalue weighted by Gasteiger charge is -2.24. The van der Waals surface area contributed by atoms with E-state index in [1.54, 1.807) is 24.3 Å². The van der Waals surface area contributed by atoms with Crippen molar-refractivity contribution in [2.24, 2.45) is 0 Å². The van der Waals surface area contributed by atoms with Crippen LogP contribution >= 0.6 is 0 Å². The Morgan fingerprint density at radius 3 is 2.36 bits per heavy atom. The van der Waals surface area contributed by atoms with Gasteiger partial charge in [0.2, 0.25) is 10.0 Å². The molecule has 11 heteroatoms. The second kappa shape index (κ2) is 10.3. The van der Waals surface area contributed by atoms with Crippen molar-refractivity contribution >= 4 is 16.1 Å². The van der Waals surface area contributed by atoms with E-state index in [0.717, 1.165) is 12.1 Å². The van der Waals surface area contributed by atoms with Gasteiger partial charge in [0.1, 0.15) is 12.4 Å². The Morgan fingerprint density at radius 1 is 1.09 bits per heavy atom. The van der Waals surface area contributed by atoms with Crippen molar-refractivity contribution in [1.29, 1.82) is 0 Å². The highest BCUT2D eigenvalue weighted by Gasteiger charge is 2.30. The number of alkyl halides is 3. The van der Waals surface area contributed by atoms with E-state index in [-0.39, 0.29) is 24.6 Å². The molecule has 0 aromatic heterocycles. The second-order valence-corrected chi connectivity index (χ2v) is 9.25. The standard InChI is InChI=1S/C22H23F3N2O5S/c1-31-19-9-11-20(12-10-19)33(29,30)27-13-3-2-4-18(14-27)26-21(28)32-15-16-5-7-17(8-6-16)22(23,24)25/h2-3,5-12,18H,4,13-15H2,1H3,(H,26,28). The zero-order chi connectivity index (χ0) is 24.1. The third-order valence-corrected chi connectivity index (χ3v) is 6.84. The van der Waals surface area contributed by atoms with Crippen molar-refractivity contribution in [2.45, 2.75) is 30.1 Å². The van der Waals surface area contributed by atoms with E-state index in [4.69, 9.17) is 9.47 Å². The maximum absolute atomic E-state index is 13.0. The molecule has 0 bridgehead atoms. The van der Waals surface area contributed by atoms with Crippen molar-refractivity contribution in [3.63, 3.8) is 0 Å². The minimum atomic E-state index is -4.44. The molecule has 0 aliphatic carbocycles. The third-order valence-electron chi connectivity index (χ3n) is 4.99. The van der Waals surface area contributed by atoms with Crippen LogP contribution in [0.25, 0.3) is 0 Å². The fourth-order valence-electron chi connectivity index (χ4n) is 3.19. The maximum Gasteiger partial charge on any atom is 0.416 e. The van der Waals surface area contributed by atoms with Crippen LogP contribution in [0.5, 0.6) is 5.75 Å². The van der Waals surface area contributed by atoms with Crippen molar-refractivity contribution in [3.8, 4) is 5.75 Å². The second-order valence-electron chi connectivity index (χ2n) is 7.32. The SMILES string of the molecule is COc1ccc(S(=O)(=O)N2CC=CCC(NC(=O)OCc3ccc(C(F)(F)F)cc3)C2)cc1. The minimum Gasteiger partial charge on any atom is -0.497 e. The molecule has 1 atom stereocenters. The lowest BCUT2D eigenvalue weighted by atomic mass is 10.1. The number of halogens is 3. The number of carbonyl (C=O) groups excluding carboxylic acids is 1. The van der Waals surface area contributed by atoms with Gasteiger partial charge in [0.05, 0.1) is 17.6 Å². The summed E-state index contributed by atoms with van der Waals surface area (Å²) >= 11 is 0. The van der Waals surface area contributed by atoms with Gasteiger partial charge in [0.25, 0.3) is 0 Å². The molecule has 1 amide bonds. The Morgan fingerprint density at radius 2 is 1.76 bits per heavy atom. The van der Waals surface area contributed by atoms with Crippen molar-refractivity contribution in [3.05, 3.63) is 71.8 Å². The highest BCUT2D eigenvalue weighted by atomic mass is 32.2. The molecule has 0 radical (unpaired) electrons. The fourth-order valence-corrected chi connectivity index (χ4v) is 4.63. The first-order valence-corrected chi connectivity index (χ1v) is 11.4. The van der Waals surface area contributed by atoms with Crippen LogP contribution in [0.2, 0.25) is 0 Å². The zero-order valence-electron chi connectivity index (χ0n) is 17.7. The lowest BCUT2D eigenvalue weighted by Crippen LogP contribution is -2.44. The number of benzene rings is 2. The third kappa shape index (κ3) is 6.48. The maximum atomic E-state index is 13.0. The van der Waals surface area contributed by atoms with Crippen LogP contribution in [0.15, 0.2) is 65.6 Å². The van der Waals surface area contributed by atoms with Gasteiger partial charge in [0.15, 0.2) is 0 Å². The number of sulfonamides is 1. The Labute approximate surface area is 189 Å². The molecule has 1 heterocycles. The highest BCUT2D eigenvalue weighted by molar-refractivity contribution is 7.89. The number of carbonyl (C=O) groups is 1. The molecule has 3 rings (SSSR count). The average molecular weight is 484 g/mol. The highest BCUT2D eigenvalue weighted by Crippen LogP contribution is 2.29. The molecule has 2 aromatic carbocycles. The number of rotatable bonds is 6. The number of hydrogen-bond acceptors (Lipinski definition) is 5. The first-order valence-electron chi connectivity index (χ1n) is 9.98. The predicted molar refractivity (Wildman–Crippen MR) is 114 cm³/mol. The van der Waals surface area contributed by atoms with Crippen LogP contribution < -0.4 is 10.1 Å². The quantitative estimate of drug-likeness (QED) is 0.628. The van der Waals surface area contributed by atoms with E-state index in [1.165, 1.54) is 35.7 Å². The monoisotopic (exact) mass is 484 g/mol. The van der Waals surface area contributed by atoms with Crippen LogP contribution in [0, 0.1) is 0 Å². The van der Waals surface area contributed by atoms with Gasteiger partial charge < -0.3 is 14.8 Å². The molecule has 0 saturated heterocycles. The van der Waals surface area contributed by atoms with Gasteiger partial charge in [-0.3, -0.25) is 0 Å². The van der Waals surface area contributed by atoms with Crippen LogP contribution in [0.1, 0.15) is 17.5 Å². The molecule has 33 heavy (non-hydrogen) atoms. The molecular weight excluding hydrogens is 461 g/mol. The molecule has 0 spiro atoms. The summed E-state index contributed by atoms with van der Waals surface area (Å²) in [6.45, 7) is -0.0513. The van der Waals surface area contributed by atoms with Gasteiger partial charge in [-0.25, -0.2) is 13.2 Å². The van der Waals surface area contributed by atoms with E-state index < -0.39 is 33.9 Å². The summed E-state index contributed by atoms with van der Waals surface area (Å²) in [7, 11) is -2.33. The molecule has 0 fully saturated rings. The molecule has 1 unspecified atom stereocenters. The van der Waals surface area contributed by atoms with E-state index in [2.05, 4.69) is 5.32 Å². The minimum absolute atomic E-state index is 0.0245. The molecule has 7 nitrogen and oxygen atoms in total. The van der Waals surface area contributed by atoms with Gasteiger partial charge in [-0.1, -0.05) is 24.3 Å². The summed E-state index contributed by atoms with van der Waals surface area (Å²) in [6.07, 6.45) is -1.37. The van der Waals surface area contributed by atoms with Gasteiger partial charge in [-0.05, 0) is 48.4 Å². The van der Waals surface area contributed by atoms with E-state index in [0.29, 0.717) is 17.7 Å². The number of amides is 1. The van der Waals surface area contributed by atoms with E-state index >= 15 is 0 Å². The summed E-state index contributed by atoms with van der Waals surface area (Å²) in [4.78, 5) is 12.3. The van der Waals surface area contributed by atoms with Crippen LogP contribution in [0.4, 0.5) is 18.0 Å². The number of methoxy groups -OCH3 is 1. The van der Waals surface area contributed by atoms with Crippen LogP contribution in [-0.4, -0.2) is 45.1 Å². The number of ether oxygens (including phenoxy) is 2.